The van der Waals surface area contributed by atoms with E-state index in [1.165, 1.54) is 6.08 Å². The SMILES string of the molecule is CCOC(=O)/C(=C\C(=O)C1C=CC=C1)Nc1ccccc1. The van der Waals surface area contributed by atoms with Crippen LogP contribution in [0.4, 0.5) is 5.69 Å². The van der Waals surface area contributed by atoms with Gasteiger partial charge in [0.25, 0.3) is 0 Å². The summed E-state index contributed by atoms with van der Waals surface area (Å²) >= 11 is 0. The van der Waals surface area contributed by atoms with Gasteiger partial charge < -0.3 is 10.1 Å². The van der Waals surface area contributed by atoms with E-state index in [1.54, 1.807) is 19.1 Å². The molecule has 0 bridgehead atoms. The number of carbonyl (C=O) groups excluding carboxylic acids is 2. The van der Waals surface area contributed by atoms with Crippen molar-refractivity contribution in [3.05, 3.63) is 66.4 Å². The summed E-state index contributed by atoms with van der Waals surface area (Å²) in [6, 6.07) is 9.18. The highest BCUT2D eigenvalue weighted by atomic mass is 16.5. The Kier molecular flexibility index (Phi) is 5.10. The Morgan fingerprint density at radius 1 is 1.19 bits per heavy atom. The Labute approximate surface area is 123 Å². The fraction of sp³-hybridized carbons (Fsp3) is 0.176. The van der Waals surface area contributed by atoms with E-state index in [0.29, 0.717) is 0 Å². The van der Waals surface area contributed by atoms with Crippen LogP contribution in [0.1, 0.15) is 6.92 Å². The van der Waals surface area contributed by atoms with Gasteiger partial charge in [0.2, 0.25) is 0 Å². The van der Waals surface area contributed by atoms with Crippen molar-refractivity contribution in [3.8, 4) is 0 Å². The van der Waals surface area contributed by atoms with Gasteiger partial charge in [-0.15, -0.1) is 0 Å². The first-order valence-corrected chi connectivity index (χ1v) is 6.80. The lowest BCUT2D eigenvalue weighted by atomic mass is 10.1. The van der Waals surface area contributed by atoms with Crippen LogP contribution in [-0.2, 0) is 14.3 Å². The van der Waals surface area contributed by atoms with Gasteiger partial charge in [0.05, 0.1) is 12.5 Å². The van der Waals surface area contributed by atoms with Gasteiger partial charge >= 0.3 is 5.97 Å². The van der Waals surface area contributed by atoms with E-state index in [1.807, 2.05) is 42.5 Å². The molecule has 0 heterocycles. The van der Waals surface area contributed by atoms with E-state index in [4.69, 9.17) is 4.74 Å². The minimum atomic E-state index is -0.541. The summed E-state index contributed by atoms with van der Waals surface area (Å²) in [4.78, 5) is 24.1. The fourth-order valence-electron chi connectivity index (χ4n) is 1.89. The molecule has 0 saturated carbocycles. The highest BCUT2D eigenvalue weighted by Gasteiger charge is 2.17. The summed E-state index contributed by atoms with van der Waals surface area (Å²) in [5, 5.41) is 2.94. The monoisotopic (exact) mass is 283 g/mol. The van der Waals surface area contributed by atoms with E-state index in [9.17, 15) is 9.59 Å². The third-order valence-corrected chi connectivity index (χ3v) is 2.91. The first-order chi connectivity index (χ1) is 10.2. The van der Waals surface area contributed by atoms with Gasteiger partial charge in [0.15, 0.2) is 5.78 Å². The van der Waals surface area contributed by atoms with Crippen molar-refractivity contribution in [2.24, 2.45) is 5.92 Å². The molecule has 0 radical (unpaired) electrons. The van der Waals surface area contributed by atoms with Crippen molar-refractivity contribution in [2.75, 3.05) is 11.9 Å². The van der Waals surface area contributed by atoms with Crippen LogP contribution >= 0.6 is 0 Å². The molecule has 108 valence electrons. The molecule has 1 aromatic rings. The molecule has 0 amide bonds. The predicted molar refractivity (Wildman–Crippen MR) is 81.6 cm³/mol. The maximum Gasteiger partial charge on any atom is 0.354 e. The summed E-state index contributed by atoms with van der Waals surface area (Å²) < 4.78 is 4.98. The molecule has 1 aromatic carbocycles. The van der Waals surface area contributed by atoms with Gasteiger partial charge in [-0.2, -0.15) is 0 Å². The maximum atomic E-state index is 12.1. The molecule has 21 heavy (non-hydrogen) atoms. The number of anilines is 1. The number of ketones is 1. The van der Waals surface area contributed by atoms with E-state index >= 15 is 0 Å². The number of rotatable bonds is 6. The van der Waals surface area contributed by atoms with E-state index in [-0.39, 0.29) is 24.0 Å². The van der Waals surface area contributed by atoms with Crippen LogP contribution in [0.25, 0.3) is 0 Å². The Hall–Kier alpha value is -2.62. The van der Waals surface area contributed by atoms with Crippen molar-refractivity contribution in [1.29, 1.82) is 0 Å². The summed E-state index contributed by atoms with van der Waals surface area (Å²) in [5.41, 5.74) is 0.865. The lowest BCUT2D eigenvalue weighted by Gasteiger charge is -2.10. The van der Waals surface area contributed by atoms with Crippen LogP contribution < -0.4 is 5.32 Å². The molecule has 0 aromatic heterocycles. The molecule has 0 spiro atoms. The lowest BCUT2D eigenvalue weighted by Crippen LogP contribution is -2.18. The number of hydrogen-bond donors (Lipinski definition) is 1. The number of esters is 1. The molecule has 1 aliphatic carbocycles. The first kappa shape index (κ1) is 14.8. The van der Waals surface area contributed by atoms with Crippen molar-refractivity contribution in [1.82, 2.24) is 0 Å². The number of ether oxygens (including phenoxy) is 1. The van der Waals surface area contributed by atoms with Gasteiger partial charge in [-0.1, -0.05) is 42.5 Å². The zero-order valence-electron chi connectivity index (χ0n) is 11.8. The van der Waals surface area contributed by atoms with E-state index < -0.39 is 5.97 Å². The summed E-state index contributed by atoms with van der Waals surface area (Å²) in [6.07, 6.45) is 8.49. The minimum Gasteiger partial charge on any atom is -0.461 e. The number of para-hydroxylation sites is 1. The highest BCUT2D eigenvalue weighted by Crippen LogP contribution is 2.14. The third-order valence-electron chi connectivity index (χ3n) is 2.91. The Bertz CT molecular complexity index is 588. The van der Waals surface area contributed by atoms with Crippen LogP contribution in [0, 0.1) is 5.92 Å². The van der Waals surface area contributed by atoms with Crippen molar-refractivity contribution < 1.29 is 14.3 Å². The van der Waals surface area contributed by atoms with Gasteiger partial charge in [-0.3, -0.25) is 4.79 Å². The van der Waals surface area contributed by atoms with Crippen LogP contribution in [-0.4, -0.2) is 18.4 Å². The molecule has 4 heteroatoms. The molecule has 0 aliphatic heterocycles. The number of benzene rings is 1. The summed E-state index contributed by atoms with van der Waals surface area (Å²) in [7, 11) is 0. The number of hydrogen-bond acceptors (Lipinski definition) is 4. The average Bonchev–Trinajstić information content (AvgIpc) is 3.02. The highest BCUT2D eigenvalue weighted by molar-refractivity contribution is 6.03. The van der Waals surface area contributed by atoms with Crippen molar-refractivity contribution in [3.63, 3.8) is 0 Å². The second kappa shape index (κ2) is 7.24. The van der Waals surface area contributed by atoms with Gasteiger partial charge in [0.1, 0.15) is 5.70 Å². The van der Waals surface area contributed by atoms with Crippen LogP contribution in [0.3, 0.4) is 0 Å². The topological polar surface area (TPSA) is 55.4 Å². The van der Waals surface area contributed by atoms with Gasteiger partial charge in [0, 0.05) is 11.8 Å². The molecule has 0 unspecified atom stereocenters. The lowest BCUT2D eigenvalue weighted by molar-refractivity contribution is -0.138. The Balaban J connectivity index is 2.19. The maximum absolute atomic E-state index is 12.1. The quantitative estimate of drug-likeness (QED) is 0.644. The molecule has 0 atom stereocenters. The summed E-state index contributed by atoms with van der Waals surface area (Å²) in [5.74, 6) is -1.01. The normalized spacial score (nSPS) is 14.2. The number of nitrogens with one attached hydrogen (secondary N) is 1. The molecule has 4 nitrogen and oxygen atoms in total. The third kappa shape index (κ3) is 4.18. The van der Waals surface area contributed by atoms with Gasteiger partial charge in [-0.05, 0) is 19.1 Å². The fourth-order valence-corrected chi connectivity index (χ4v) is 1.89. The zero-order chi connectivity index (χ0) is 15.1. The second-order valence-corrected chi connectivity index (χ2v) is 4.47. The second-order valence-electron chi connectivity index (χ2n) is 4.47. The van der Waals surface area contributed by atoms with Crippen molar-refractivity contribution >= 4 is 17.4 Å². The van der Waals surface area contributed by atoms with Crippen LogP contribution in [0.5, 0.6) is 0 Å². The number of allylic oxidation sites excluding steroid dienone is 5. The molecule has 0 saturated heterocycles. The Morgan fingerprint density at radius 3 is 2.48 bits per heavy atom. The number of carbonyl (C=O) groups is 2. The standard InChI is InChI=1S/C17H17NO3/c1-2-21-17(20)15(18-14-10-4-3-5-11-14)12-16(19)13-8-6-7-9-13/h3-13,18H,2H2,1H3/b15-12+. The predicted octanol–water partition coefficient (Wildman–Crippen LogP) is 2.86. The Morgan fingerprint density at radius 2 is 1.86 bits per heavy atom. The molecular formula is C17H17NO3. The molecule has 1 aliphatic rings. The average molecular weight is 283 g/mol. The smallest absolute Gasteiger partial charge is 0.354 e. The molecule has 0 fully saturated rings. The van der Waals surface area contributed by atoms with Crippen LogP contribution in [0.2, 0.25) is 0 Å². The van der Waals surface area contributed by atoms with E-state index in [2.05, 4.69) is 5.32 Å². The summed E-state index contributed by atoms with van der Waals surface area (Å²) in [6.45, 7) is 1.98. The van der Waals surface area contributed by atoms with Crippen molar-refractivity contribution in [2.45, 2.75) is 6.92 Å². The molecule has 2 rings (SSSR count). The largest absolute Gasteiger partial charge is 0.461 e. The molecular weight excluding hydrogens is 266 g/mol. The minimum absolute atomic E-state index is 0.141. The van der Waals surface area contributed by atoms with Crippen LogP contribution in [0.15, 0.2) is 66.4 Å². The first-order valence-electron chi connectivity index (χ1n) is 6.80. The molecule has 1 N–H and O–H groups in total. The van der Waals surface area contributed by atoms with Gasteiger partial charge in [-0.25, -0.2) is 4.79 Å². The zero-order valence-corrected chi connectivity index (χ0v) is 11.8. The van der Waals surface area contributed by atoms with E-state index in [0.717, 1.165) is 5.69 Å².